The van der Waals surface area contributed by atoms with Gasteiger partial charge < -0.3 is 25.3 Å². The number of primary amides is 1. The predicted molar refractivity (Wildman–Crippen MR) is 132 cm³/mol. The van der Waals surface area contributed by atoms with E-state index in [9.17, 15) is 4.79 Å². The van der Waals surface area contributed by atoms with Crippen LogP contribution in [0.5, 0.6) is 5.75 Å². The van der Waals surface area contributed by atoms with Crippen molar-refractivity contribution >= 4 is 25.5 Å². The van der Waals surface area contributed by atoms with Gasteiger partial charge in [-0.2, -0.15) is 5.10 Å². The number of amides is 1. The molecule has 2 aromatic rings. The zero-order chi connectivity index (χ0) is 24.0. The maximum atomic E-state index is 12.0. The number of ether oxygens (including phenoxy) is 3. The highest BCUT2D eigenvalue weighted by atomic mass is 28.3. The Kier molecular flexibility index (Phi) is 8.18. The molecule has 1 saturated heterocycles. The van der Waals surface area contributed by atoms with E-state index in [4.69, 9.17) is 26.4 Å². The maximum absolute atomic E-state index is 12.0. The Bertz CT molecular complexity index is 1010. The van der Waals surface area contributed by atoms with Gasteiger partial charge in [-0.3, -0.25) is 9.48 Å². The van der Waals surface area contributed by atoms with Gasteiger partial charge in [-0.15, -0.1) is 6.42 Å². The van der Waals surface area contributed by atoms with Crippen LogP contribution in [0, 0.1) is 18.3 Å². The van der Waals surface area contributed by atoms with Crippen LogP contribution in [0.2, 0.25) is 25.7 Å². The molecule has 0 aliphatic carbocycles. The molecular formula is C24H34N4O4Si. The molecule has 0 spiro atoms. The van der Waals surface area contributed by atoms with Crippen molar-refractivity contribution in [3.8, 4) is 18.1 Å². The first-order valence-electron chi connectivity index (χ1n) is 11.2. The lowest BCUT2D eigenvalue weighted by Gasteiger charge is -2.28. The molecule has 3 N–H and O–H groups in total. The molecule has 0 bridgehead atoms. The number of nitrogens with zero attached hydrogens (tertiary/aromatic N) is 2. The van der Waals surface area contributed by atoms with Gasteiger partial charge in [-0.25, -0.2) is 0 Å². The highest BCUT2D eigenvalue weighted by Gasteiger charge is 2.26. The smallest absolute Gasteiger partial charge is 0.254 e. The average molecular weight is 471 g/mol. The summed E-state index contributed by atoms with van der Waals surface area (Å²) < 4.78 is 18.7. The van der Waals surface area contributed by atoms with E-state index in [1.165, 1.54) is 0 Å². The van der Waals surface area contributed by atoms with Crippen LogP contribution in [-0.2, 0) is 9.47 Å². The largest absolute Gasteiger partial charge is 0.466 e. The van der Waals surface area contributed by atoms with Crippen molar-refractivity contribution in [1.82, 2.24) is 9.78 Å². The second-order valence-corrected chi connectivity index (χ2v) is 15.2. The number of carbonyl (C=O) groups is 1. The van der Waals surface area contributed by atoms with Crippen LogP contribution >= 0.6 is 0 Å². The summed E-state index contributed by atoms with van der Waals surface area (Å²) in [5.41, 5.74) is 7.17. The van der Waals surface area contributed by atoms with E-state index >= 15 is 0 Å². The molecule has 1 aliphatic rings. The number of rotatable bonds is 10. The summed E-state index contributed by atoms with van der Waals surface area (Å²) in [6.07, 6.45) is 8.31. The third-order valence-electron chi connectivity index (χ3n) is 5.69. The number of terminal acetylenes is 1. The van der Waals surface area contributed by atoms with Gasteiger partial charge in [0.05, 0.1) is 18.2 Å². The van der Waals surface area contributed by atoms with E-state index in [1.54, 1.807) is 23.0 Å². The first-order valence-corrected chi connectivity index (χ1v) is 14.9. The molecule has 2 atom stereocenters. The van der Waals surface area contributed by atoms with Crippen molar-refractivity contribution in [2.24, 2.45) is 11.7 Å². The molecule has 1 unspecified atom stereocenters. The molecule has 178 valence electrons. The van der Waals surface area contributed by atoms with E-state index in [2.05, 4.69) is 42.9 Å². The number of aromatic nitrogens is 2. The van der Waals surface area contributed by atoms with Gasteiger partial charge in [-0.1, -0.05) is 32.5 Å². The normalized spacial score (nSPS) is 18.5. The SMILES string of the molecule is C#Cc1cc(Nc2nn(C3COCC[C@@H]3C)cc2C(N)=O)ccc1OCOCC[Si](C)(C)C. The van der Waals surface area contributed by atoms with Crippen LogP contribution in [0.4, 0.5) is 11.5 Å². The summed E-state index contributed by atoms with van der Waals surface area (Å²) in [5, 5.41) is 7.77. The molecule has 1 aromatic heterocycles. The Balaban J connectivity index is 1.70. The lowest BCUT2D eigenvalue weighted by molar-refractivity contribution is 0.0219. The van der Waals surface area contributed by atoms with Gasteiger partial charge in [-0.05, 0) is 36.6 Å². The summed E-state index contributed by atoms with van der Waals surface area (Å²) in [6.45, 7) is 11.2. The first-order chi connectivity index (χ1) is 15.7. The molecule has 1 fully saturated rings. The first kappa shape index (κ1) is 24.8. The molecule has 1 amide bonds. The highest BCUT2D eigenvalue weighted by molar-refractivity contribution is 6.76. The molecule has 3 rings (SSSR count). The Morgan fingerprint density at radius 1 is 1.42 bits per heavy atom. The fraction of sp³-hybridized carbons (Fsp3) is 0.500. The monoisotopic (exact) mass is 470 g/mol. The minimum atomic E-state index is -1.14. The summed E-state index contributed by atoms with van der Waals surface area (Å²) in [4.78, 5) is 12.0. The second kappa shape index (κ2) is 10.9. The molecular weight excluding hydrogens is 436 g/mol. The van der Waals surface area contributed by atoms with Gasteiger partial charge >= 0.3 is 0 Å². The Labute approximate surface area is 196 Å². The van der Waals surface area contributed by atoms with Gasteiger partial charge in [0.15, 0.2) is 12.6 Å². The Hall–Kier alpha value is -2.80. The molecule has 8 nitrogen and oxygen atoms in total. The second-order valence-electron chi connectivity index (χ2n) is 9.61. The fourth-order valence-electron chi connectivity index (χ4n) is 3.53. The lowest BCUT2D eigenvalue weighted by Crippen LogP contribution is -2.28. The third-order valence-corrected chi connectivity index (χ3v) is 7.40. The van der Waals surface area contributed by atoms with Crippen molar-refractivity contribution in [3.63, 3.8) is 0 Å². The Morgan fingerprint density at radius 2 is 2.21 bits per heavy atom. The van der Waals surface area contributed by atoms with Gasteiger partial charge in [0.25, 0.3) is 5.91 Å². The van der Waals surface area contributed by atoms with Crippen molar-refractivity contribution in [2.75, 3.05) is 31.9 Å². The number of anilines is 2. The van der Waals surface area contributed by atoms with E-state index in [-0.39, 0.29) is 12.8 Å². The van der Waals surface area contributed by atoms with Gasteiger partial charge in [0.2, 0.25) is 0 Å². The van der Waals surface area contributed by atoms with Crippen molar-refractivity contribution in [3.05, 3.63) is 35.5 Å². The molecule has 1 aliphatic heterocycles. The van der Waals surface area contributed by atoms with Gasteiger partial charge in [0.1, 0.15) is 11.3 Å². The molecule has 0 saturated carbocycles. The maximum Gasteiger partial charge on any atom is 0.254 e. The van der Waals surface area contributed by atoms with E-state index in [0.717, 1.165) is 19.1 Å². The summed E-state index contributed by atoms with van der Waals surface area (Å²) in [6, 6.07) is 6.48. The third kappa shape index (κ3) is 6.84. The number of benzene rings is 1. The predicted octanol–water partition coefficient (Wildman–Crippen LogP) is 4.00. The number of carbonyl (C=O) groups excluding carboxylic acids is 1. The zero-order valence-corrected chi connectivity index (χ0v) is 20.9. The van der Waals surface area contributed by atoms with E-state index in [1.807, 2.05) is 6.07 Å². The van der Waals surface area contributed by atoms with Crippen LogP contribution in [-0.4, -0.2) is 50.4 Å². The van der Waals surface area contributed by atoms with Crippen LogP contribution in [0.1, 0.15) is 35.3 Å². The zero-order valence-electron chi connectivity index (χ0n) is 19.9. The van der Waals surface area contributed by atoms with Gasteiger partial charge in [0, 0.05) is 33.2 Å². The fourth-order valence-corrected chi connectivity index (χ4v) is 4.28. The minimum Gasteiger partial charge on any atom is -0.466 e. The minimum absolute atomic E-state index is 0.0467. The van der Waals surface area contributed by atoms with Crippen molar-refractivity contribution in [1.29, 1.82) is 0 Å². The molecule has 0 radical (unpaired) electrons. The molecule has 2 heterocycles. The lowest BCUT2D eigenvalue weighted by atomic mass is 9.97. The molecule has 9 heteroatoms. The van der Waals surface area contributed by atoms with Crippen LogP contribution in [0.25, 0.3) is 0 Å². The van der Waals surface area contributed by atoms with Crippen LogP contribution in [0.3, 0.4) is 0 Å². The average Bonchev–Trinajstić information content (AvgIpc) is 3.17. The summed E-state index contributed by atoms with van der Waals surface area (Å²) >= 11 is 0. The number of hydrogen-bond acceptors (Lipinski definition) is 6. The van der Waals surface area contributed by atoms with Crippen LogP contribution < -0.4 is 15.8 Å². The summed E-state index contributed by atoms with van der Waals surface area (Å²) in [7, 11) is -1.14. The number of hydrogen-bond donors (Lipinski definition) is 2. The van der Waals surface area contributed by atoms with E-state index < -0.39 is 14.0 Å². The van der Waals surface area contributed by atoms with Crippen molar-refractivity contribution in [2.45, 2.75) is 45.1 Å². The standard InChI is InChI=1S/C24H34N4O4Si/c1-6-18-13-19(7-8-22(18)32-16-31-11-12-33(3,4)5)26-24-20(23(25)29)14-28(27-24)21-15-30-10-9-17(21)2/h1,7-8,13-14,17,21H,9-12,15-16H2,2-5H3,(H2,25,29)(H,26,27)/t17-,21?/m0/s1. The summed E-state index contributed by atoms with van der Waals surface area (Å²) in [5.74, 6) is 3.41. The topological polar surface area (TPSA) is 101 Å². The van der Waals surface area contributed by atoms with Crippen molar-refractivity contribution < 1.29 is 19.0 Å². The Morgan fingerprint density at radius 3 is 2.88 bits per heavy atom. The van der Waals surface area contributed by atoms with Crippen LogP contribution in [0.15, 0.2) is 24.4 Å². The molecule has 33 heavy (non-hydrogen) atoms. The quantitative estimate of drug-likeness (QED) is 0.236. The number of nitrogens with two attached hydrogens (primary N) is 1. The number of nitrogens with one attached hydrogen (secondary N) is 1. The molecule has 1 aromatic carbocycles. The van der Waals surface area contributed by atoms with E-state index in [0.29, 0.717) is 47.5 Å². The highest BCUT2D eigenvalue weighted by Crippen LogP contribution is 2.30.